The molecule has 0 saturated carbocycles. The van der Waals surface area contributed by atoms with Crippen LogP contribution in [-0.4, -0.2) is 31.3 Å². The number of methoxy groups -OCH3 is 3. The van der Waals surface area contributed by atoms with E-state index in [1.807, 2.05) is 19.9 Å². The first-order valence-electron chi connectivity index (χ1n) is 7.09. The summed E-state index contributed by atoms with van der Waals surface area (Å²) in [7, 11) is 4.76. The second-order valence-corrected chi connectivity index (χ2v) is 5.14. The lowest BCUT2D eigenvalue weighted by Gasteiger charge is -2.18. The maximum Gasteiger partial charge on any atom is 0.222 e. The fourth-order valence-corrected chi connectivity index (χ4v) is 2.58. The van der Waals surface area contributed by atoms with Crippen molar-refractivity contribution in [3.63, 3.8) is 0 Å². The number of benzene rings is 1. The van der Waals surface area contributed by atoms with Gasteiger partial charge < -0.3 is 25.7 Å². The van der Waals surface area contributed by atoms with Gasteiger partial charge in [0.2, 0.25) is 11.7 Å². The molecule has 0 amide bonds. The van der Waals surface area contributed by atoms with Gasteiger partial charge in [-0.1, -0.05) is 0 Å². The van der Waals surface area contributed by atoms with Crippen molar-refractivity contribution in [2.24, 2.45) is 0 Å². The Bertz CT molecular complexity index is 709. The number of anilines is 2. The van der Waals surface area contributed by atoms with E-state index in [1.54, 1.807) is 21.3 Å². The van der Waals surface area contributed by atoms with Crippen molar-refractivity contribution in [1.82, 2.24) is 9.97 Å². The number of rotatable bonds is 5. The van der Waals surface area contributed by atoms with Crippen LogP contribution in [0.25, 0.3) is 0 Å². The third kappa shape index (κ3) is 3.08. The average molecular weight is 318 g/mol. The molecule has 0 aliphatic heterocycles. The largest absolute Gasteiger partial charge is 0.493 e. The summed E-state index contributed by atoms with van der Waals surface area (Å²) in [6.07, 6.45) is 0.542. The minimum atomic E-state index is 0.172. The Morgan fingerprint density at radius 1 is 0.957 bits per heavy atom. The van der Waals surface area contributed by atoms with Crippen LogP contribution in [0.4, 0.5) is 11.8 Å². The molecule has 7 heteroatoms. The number of aromatic nitrogens is 2. The number of nitrogens with two attached hydrogens (primary N) is 2. The summed E-state index contributed by atoms with van der Waals surface area (Å²) >= 11 is 0. The van der Waals surface area contributed by atoms with Crippen molar-refractivity contribution in [3.8, 4) is 17.2 Å². The topological polar surface area (TPSA) is 106 Å². The zero-order valence-electron chi connectivity index (χ0n) is 14.1. The van der Waals surface area contributed by atoms with Crippen molar-refractivity contribution in [2.45, 2.75) is 20.3 Å². The summed E-state index contributed by atoms with van der Waals surface area (Å²) in [5.74, 6) is 2.34. The lowest BCUT2D eigenvalue weighted by atomic mass is 9.98. The Balaban J connectivity index is 2.57. The molecule has 0 unspecified atom stereocenters. The minimum Gasteiger partial charge on any atom is -0.493 e. The number of nitrogen functional groups attached to an aromatic ring is 2. The molecule has 23 heavy (non-hydrogen) atoms. The molecule has 0 fully saturated rings. The Labute approximate surface area is 135 Å². The first-order chi connectivity index (χ1) is 10.9. The maximum atomic E-state index is 6.00. The molecule has 0 spiro atoms. The van der Waals surface area contributed by atoms with Crippen molar-refractivity contribution in [1.29, 1.82) is 0 Å². The van der Waals surface area contributed by atoms with E-state index in [9.17, 15) is 0 Å². The standard InChI is InChI=1S/C16H22N4O3/c1-8-10(6-11-9(2)19-16(18)20-15(11)17)7-12(21-3)14(23-5)13(8)22-4/h7H,6H2,1-5H3,(H4,17,18,19,20). The Morgan fingerprint density at radius 3 is 2.13 bits per heavy atom. The van der Waals surface area contributed by atoms with Gasteiger partial charge in [0, 0.05) is 17.7 Å². The quantitative estimate of drug-likeness (QED) is 0.867. The van der Waals surface area contributed by atoms with Gasteiger partial charge in [-0.2, -0.15) is 4.98 Å². The highest BCUT2D eigenvalue weighted by Gasteiger charge is 2.19. The number of nitrogens with zero attached hydrogens (tertiary/aromatic N) is 2. The van der Waals surface area contributed by atoms with Gasteiger partial charge in [-0.25, -0.2) is 4.98 Å². The molecule has 0 aliphatic rings. The summed E-state index contributed by atoms with van der Waals surface area (Å²) in [6.45, 7) is 3.82. The van der Waals surface area contributed by atoms with Crippen LogP contribution in [0.15, 0.2) is 6.07 Å². The van der Waals surface area contributed by atoms with E-state index in [4.69, 9.17) is 25.7 Å². The summed E-state index contributed by atoms with van der Waals surface area (Å²) in [5, 5.41) is 0. The molecule has 0 aliphatic carbocycles. The number of ether oxygens (including phenoxy) is 3. The Kier molecular flexibility index (Phi) is 4.78. The maximum absolute atomic E-state index is 6.00. The predicted molar refractivity (Wildman–Crippen MR) is 89.2 cm³/mol. The predicted octanol–water partition coefficient (Wildman–Crippen LogP) is 1.87. The summed E-state index contributed by atoms with van der Waals surface area (Å²) in [6, 6.07) is 1.91. The van der Waals surface area contributed by atoms with E-state index in [2.05, 4.69) is 9.97 Å². The van der Waals surface area contributed by atoms with Gasteiger partial charge in [-0.15, -0.1) is 0 Å². The van der Waals surface area contributed by atoms with Crippen LogP contribution in [0.3, 0.4) is 0 Å². The third-order valence-corrected chi connectivity index (χ3v) is 3.82. The normalized spacial score (nSPS) is 10.5. The van der Waals surface area contributed by atoms with Gasteiger partial charge in [-0.05, 0) is 31.0 Å². The zero-order valence-corrected chi connectivity index (χ0v) is 14.1. The van der Waals surface area contributed by atoms with Gasteiger partial charge in [0.25, 0.3) is 0 Å². The molecule has 1 aromatic carbocycles. The van der Waals surface area contributed by atoms with Crippen LogP contribution in [0, 0.1) is 13.8 Å². The minimum absolute atomic E-state index is 0.172. The number of aryl methyl sites for hydroxylation is 1. The molecule has 4 N–H and O–H groups in total. The molecular weight excluding hydrogens is 296 g/mol. The second-order valence-electron chi connectivity index (χ2n) is 5.14. The first kappa shape index (κ1) is 16.7. The van der Waals surface area contributed by atoms with Gasteiger partial charge in [0.05, 0.1) is 21.3 Å². The molecule has 0 saturated heterocycles. The van der Waals surface area contributed by atoms with E-state index in [-0.39, 0.29) is 5.95 Å². The fraction of sp³-hybridized carbons (Fsp3) is 0.375. The third-order valence-electron chi connectivity index (χ3n) is 3.82. The fourth-order valence-electron chi connectivity index (χ4n) is 2.58. The lowest BCUT2D eigenvalue weighted by molar-refractivity contribution is 0.322. The Morgan fingerprint density at radius 2 is 1.61 bits per heavy atom. The number of hydrogen-bond acceptors (Lipinski definition) is 7. The van der Waals surface area contributed by atoms with Crippen LogP contribution in [0.2, 0.25) is 0 Å². The molecule has 124 valence electrons. The first-order valence-corrected chi connectivity index (χ1v) is 7.09. The smallest absolute Gasteiger partial charge is 0.222 e. The van der Waals surface area contributed by atoms with E-state index in [0.29, 0.717) is 29.5 Å². The molecule has 0 radical (unpaired) electrons. The van der Waals surface area contributed by atoms with Crippen molar-refractivity contribution < 1.29 is 14.2 Å². The van der Waals surface area contributed by atoms with Crippen molar-refractivity contribution in [2.75, 3.05) is 32.8 Å². The molecule has 1 aromatic heterocycles. The van der Waals surface area contributed by atoms with Gasteiger partial charge in [0.1, 0.15) is 5.82 Å². The highest BCUT2D eigenvalue weighted by atomic mass is 16.5. The SMILES string of the molecule is COc1cc(Cc2c(C)nc(N)nc2N)c(C)c(OC)c1OC. The van der Waals surface area contributed by atoms with Crippen molar-refractivity contribution >= 4 is 11.8 Å². The van der Waals surface area contributed by atoms with E-state index in [0.717, 1.165) is 22.4 Å². The zero-order chi connectivity index (χ0) is 17.1. The average Bonchev–Trinajstić information content (AvgIpc) is 2.51. The van der Waals surface area contributed by atoms with Gasteiger partial charge >= 0.3 is 0 Å². The summed E-state index contributed by atoms with van der Waals surface area (Å²) in [5.41, 5.74) is 15.1. The van der Waals surface area contributed by atoms with Crippen LogP contribution in [-0.2, 0) is 6.42 Å². The summed E-state index contributed by atoms with van der Waals surface area (Å²) < 4.78 is 16.3. The molecule has 2 aromatic rings. The molecular formula is C16H22N4O3. The van der Waals surface area contributed by atoms with Crippen LogP contribution >= 0.6 is 0 Å². The number of hydrogen-bond donors (Lipinski definition) is 2. The van der Waals surface area contributed by atoms with Crippen LogP contribution in [0.1, 0.15) is 22.4 Å². The summed E-state index contributed by atoms with van der Waals surface area (Å²) in [4.78, 5) is 8.21. The lowest BCUT2D eigenvalue weighted by Crippen LogP contribution is -2.08. The molecule has 1 heterocycles. The van der Waals surface area contributed by atoms with Gasteiger partial charge in [-0.3, -0.25) is 0 Å². The molecule has 0 atom stereocenters. The highest BCUT2D eigenvalue weighted by Crippen LogP contribution is 2.42. The van der Waals surface area contributed by atoms with E-state index >= 15 is 0 Å². The molecule has 2 rings (SSSR count). The van der Waals surface area contributed by atoms with Gasteiger partial charge in [0.15, 0.2) is 11.5 Å². The molecule has 0 bridgehead atoms. The van der Waals surface area contributed by atoms with Crippen molar-refractivity contribution in [3.05, 3.63) is 28.5 Å². The molecule has 7 nitrogen and oxygen atoms in total. The monoisotopic (exact) mass is 318 g/mol. The van der Waals surface area contributed by atoms with Crippen LogP contribution in [0.5, 0.6) is 17.2 Å². The second kappa shape index (κ2) is 6.60. The Hall–Kier alpha value is -2.70. The van der Waals surface area contributed by atoms with E-state index in [1.165, 1.54) is 0 Å². The van der Waals surface area contributed by atoms with E-state index < -0.39 is 0 Å². The highest BCUT2D eigenvalue weighted by molar-refractivity contribution is 5.60. The van der Waals surface area contributed by atoms with Crippen LogP contribution < -0.4 is 25.7 Å².